The zero-order valence-corrected chi connectivity index (χ0v) is 15.4. The van der Waals surface area contributed by atoms with Gasteiger partial charge in [-0.2, -0.15) is 0 Å². The van der Waals surface area contributed by atoms with Crippen molar-refractivity contribution in [2.75, 3.05) is 6.54 Å². The fraction of sp³-hybridized carbons (Fsp3) is 0.238. The molecule has 6 heteroatoms. The zero-order valence-electron chi connectivity index (χ0n) is 15.4. The van der Waals surface area contributed by atoms with Gasteiger partial charge in [0, 0.05) is 18.7 Å². The third kappa shape index (κ3) is 4.67. The summed E-state index contributed by atoms with van der Waals surface area (Å²) in [4.78, 5) is 36.0. The molecule has 0 spiro atoms. The lowest BCUT2D eigenvalue weighted by atomic mass is 10.1. The van der Waals surface area contributed by atoms with Gasteiger partial charge in [-0.1, -0.05) is 50.3 Å². The fourth-order valence-electron chi connectivity index (χ4n) is 2.77. The minimum Gasteiger partial charge on any atom is -0.274 e. The van der Waals surface area contributed by atoms with E-state index in [2.05, 4.69) is 0 Å². The zero-order chi connectivity index (χ0) is 19.8. The molecule has 6 nitrogen and oxygen atoms in total. The normalized spacial score (nSPS) is 12.7. The summed E-state index contributed by atoms with van der Waals surface area (Å²) in [5.41, 5.74) is 1.71. The first-order chi connectivity index (χ1) is 13.1. The molecule has 0 bridgehead atoms. The second-order valence-electron chi connectivity index (χ2n) is 5.70. The number of benzene rings is 2. The lowest BCUT2D eigenvalue weighted by Gasteiger charge is -2.12. The quantitative estimate of drug-likeness (QED) is 0.321. The Labute approximate surface area is 158 Å². The number of hydrogen-bond donors (Lipinski definition) is 0. The van der Waals surface area contributed by atoms with Gasteiger partial charge >= 0.3 is 0 Å². The number of non-ortho nitro benzene ring substituents is 1. The second-order valence-corrected chi connectivity index (χ2v) is 5.70. The van der Waals surface area contributed by atoms with Crippen LogP contribution in [-0.4, -0.2) is 28.2 Å². The highest BCUT2D eigenvalue weighted by atomic mass is 16.6. The second kappa shape index (κ2) is 9.43. The summed E-state index contributed by atoms with van der Waals surface area (Å²) >= 11 is 0. The smallest absolute Gasteiger partial charge is 0.270 e. The molecule has 0 atom stereocenters. The molecular formula is C21H22N2O4. The summed E-state index contributed by atoms with van der Waals surface area (Å²) in [5, 5.41) is 10.7. The molecule has 2 aromatic carbocycles. The average molecular weight is 366 g/mol. The number of hydrogen-bond acceptors (Lipinski definition) is 4. The molecule has 1 aliphatic heterocycles. The number of nitro groups is 1. The molecule has 140 valence electrons. The molecule has 1 aliphatic rings. The summed E-state index contributed by atoms with van der Waals surface area (Å²) in [6.07, 6.45) is 4.99. The number of rotatable bonds is 6. The summed E-state index contributed by atoms with van der Waals surface area (Å²) in [5.74, 6) is -0.494. The average Bonchev–Trinajstić information content (AvgIpc) is 2.94. The fourth-order valence-corrected chi connectivity index (χ4v) is 2.77. The van der Waals surface area contributed by atoms with Gasteiger partial charge in [0.2, 0.25) is 0 Å². The highest BCUT2D eigenvalue weighted by Crippen LogP contribution is 2.22. The van der Waals surface area contributed by atoms with E-state index in [4.69, 9.17) is 0 Å². The van der Waals surface area contributed by atoms with Crippen LogP contribution in [0.5, 0.6) is 0 Å². The maximum atomic E-state index is 12.2. The van der Waals surface area contributed by atoms with Gasteiger partial charge in [0.25, 0.3) is 17.5 Å². The van der Waals surface area contributed by atoms with Crippen LogP contribution in [0.25, 0.3) is 6.08 Å². The minimum absolute atomic E-state index is 0.0492. The van der Waals surface area contributed by atoms with Crippen molar-refractivity contribution in [2.24, 2.45) is 0 Å². The number of carbonyl (C=O) groups excluding carboxylic acids is 2. The molecule has 27 heavy (non-hydrogen) atoms. The van der Waals surface area contributed by atoms with Crippen LogP contribution in [0.15, 0.2) is 54.6 Å². The van der Waals surface area contributed by atoms with Gasteiger partial charge < -0.3 is 0 Å². The van der Waals surface area contributed by atoms with Crippen LogP contribution in [-0.2, 0) is 0 Å². The van der Waals surface area contributed by atoms with Crippen molar-refractivity contribution in [3.63, 3.8) is 0 Å². The van der Waals surface area contributed by atoms with Gasteiger partial charge in [0.05, 0.1) is 16.1 Å². The van der Waals surface area contributed by atoms with Crippen molar-refractivity contribution in [3.05, 3.63) is 81.4 Å². The van der Waals surface area contributed by atoms with E-state index in [9.17, 15) is 19.7 Å². The van der Waals surface area contributed by atoms with Crippen LogP contribution in [0, 0.1) is 10.1 Å². The van der Waals surface area contributed by atoms with E-state index in [1.54, 1.807) is 42.5 Å². The van der Waals surface area contributed by atoms with E-state index >= 15 is 0 Å². The van der Waals surface area contributed by atoms with Crippen LogP contribution < -0.4 is 0 Å². The molecule has 0 unspecified atom stereocenters. The molecule has 0 aromatic heterocycles. The molecular weight excluding hydrogens is 344 g/mol. The van der Waals surface area contributed by atoms with Gasteiger partial charge in [0.15, 0.2) is 0 Å². The van der Waals surface area contributed by atoms with Crippen LogP contribution in [0.2, 0.25) is 0 Å². The Morgan fingerprint density at radius 3 is 2.22 bits per heavy atom. The maximum absolute atomic E-state index is 12.2. The number of allylic oxidation sites excluding steroid dienone is 1. The largest absolute Gasteiger partial charge is 0.274 e. The Morgan fingerprint density at radius 1 is 1.00 bits per heavy atom. The standard InChI is InChI=1S/C19H16N2O4.C2H6/c22-18-16-10-3-4-11-17(16)19(23)20(18)12-5-1-2-7-14-8-6-9-15(13-14)21(24)25;1-2/h2-4,6-11,13H,1,5,12H2;1-2H3/b7-2+;. The molecule has 0 saturated heterocycles. The van der Waals surface area contributed by atoms with Gasteiger partial charge in [-0.25, -0.2) is 0 Å². The van der Waals surface area contributed by atoms with Crippen molar-refractivity contribution in [1.29, 1.82) is 0 Å². The number of imide groups is 1. The lowest BCUT2D eigenvalue weighted by Crippen LogP contribution is -2.30. The SMILES string of the molecule is CC.O=C1c2ccccc2C(=O)N1CCC/C=C/c1cccc([N+](=O)[O-])c1. The van der Waals surface area contributed by atoms with E-state index in [0.717, 1.165) is 5.56 Å². The van der Waals surface area contributed by atoms with Gasteiger partial charge in [-0.15, -0.1) is 0 Å². The van der Waals surface area contributed by atoms with Gasteiger partial charge in [0.1, 0.15) is 0 Å². The monoisotopic (exact) mass is 366 g/mol. The van der Waals surface area contributed by atoms with Gasteiger partial charge in [-0.05, 0) is 30.5 Å². The number of nitrogens with zero attached hydrogens (tertiary/aromatic N) is 2. The number of amides is 2. The summed E-state index contributed by atoms with van der Waals surface area (Å²) < 4.78 is 0. The molecule has 3 rings (SSSR count). The van der Waals surface area contributed by atoms with Crippen LogP contribution in [0.4, 0.5) is 5.69 Å². The van der Waals surface area contributed by atoms with Crippen molar-refractivity contribution >= 4 is 23.6 Å². The molecule has 0 N–H and O–H groups in total. The molecule has 1 heterocycles. The molecule has 0 saturated carbocycles. The summed E-state index contributed by atoms with van der Waals surface area (Å²) in [6, 6.07) is 13.2. The first kappa shape index (κ1) is 20.0. The molecule has 0 radical (unpaired) electrons. The highest BCUT2D eigenvalue weighted by Gasteiger charge is 2.34. The van der Waals surface area contributed by atoms with Crippen LogP contribution >= 0.6 is 0 Å². The Balaban J connectivity index is 0.00000126. The first-order valence-corrected chi connectivity index (χ1v) is 8.94. The Kier molecular flexibility index (Phi) is 7.00. The highest BCUT2D eigenvalue weighted by molar-refractivity contribution is 6.21. The number of unbranched alkanes of at least 4 members (excludes halogenated alkanes) is 1. The van der Waals surface area contributed by atoms with Crippen molar-refractivity contribution in [2.45, 2.75) is 26.7 Å². The van der Waals surface area contributed by atoms with Gasteiger partial charge in [-0.3, -0.25) is 24.6 Å². The van der Waals surface area contributed by atoms with E-state index in [1.165, 1.54) is 17.0 Å². The maximum Gasteiger partial charge on any atom is 0.270 e. The molecule has 0 aliphatic carbocycles. The molecule has 2 aromatic rings. The molecule has 0 fully saturated rings. The van der Waals surface area contributed by atoms with E-state index in [-0.39, 0.29) is 17.5 Å². The van der Waals surface area contributed by atoms with Crippen molar-refractivity contribution in [3.8, 4) is 0 Å². The van der Waals surface area contributed by atoms with E-state index < -0.39 is 4.92 Å². The number of carbonyl (C=O) groups is 2. The van der Waals surface area contributed by atoms with Crippen molar-refractivity contribution in [1.82, 2.24) is 4.90 Å². The van der Waals surface area contributed by atoms with Crippen molar-refractivity contribution < 1.29 is 14.5 Å². The Bertz CT molecular complexity index is 839. The lowest BCUT2D eigenvalue weighted by molar-refractivity contribution is -0.384. The minimum atomic E-state index is -0.431. The van der Waals surface area contributed by atoms with Crippen LogP contribution in [0.1, 0.15) is 53.0 Å². The Hall–Kier alpha value is -3.28. The molecule has 2 amide bonds. The predicted molar refractivity (Wildman–Crippen MR) is 105 cm³/mol. The summed E-state index contributed by atoms with van der Waals surface area (Å²) in [7, 11) is 0. The topological polar surface area (TPSA) is 80.5 Å². The Morgan fingerprint density at radius 2 is 1.63 bits per heavy atom. The first-order valence-electron chi connectivity index (χ1n) is 8.94. The number of nitro benzene ring substituents is 1. The summed E-state index contributed by atoms with van der Waals surface area (Å²) in [6.45, 7) is 4.35. The third-order valence-electron chi connectivity index (χ3n) is 4.02. The van der Waals surface area contributed by atoms with E-state index in [0.29, 0.717) is 30.5 Å². The number of fused-ring (bicyclic) bond motifs is 1. The third-order valence-corrected chi connectivity index (χ3v) is 4.02. The van der Waals surface area contributed by atoms with E-state index in [1.807, 2.05) is 19.9 Å². The van der Waals surface area contributed by atoms with Crippen LogP contribution in [0.3, 0.4) is 0 Å². The predicted octanol–water partition coefficient (Wildman–Crippen LogP) is 4.71.